The van der Waals surface area contributed by atoms with E-state index in [-0.39, 0.29) is 0 Å². The maximum Gasteiger partial charge on any atom is 0.124 e. The minimum Gasteiger partial charge on any atom is -0.322 e. The van der Waals surface area contributed by atoms with Gasteiger partial charge in [0.05, 0.1) is 23.8 Å². The van der Waals surface area contributed by atoms with Crippen LogP contribution in [0.5, 0.6) is 0 Å². The van der Waals surface area contributed by atoms with Crippen molar-refractivity contribution in [2.45, 2.75) is 39.4 Å². The molecule has 0 bridgehead atoms. The van der Waals surface area contributed by atoms with E-state index in [1.54, 1.807) is 0 Å². The average Bonchev–Trinajstić information content (AvgIpc) is 3.50. The first kappa shape index (κ1) is 21.9. The second-order valence-corrected chi connectivity index (χ2v) is 9.79. The lowest BCUT2D eigenvalue weighted by Gasteiger charge is -2.21. The Morgan fingerprint density at radius 3 is 2.61 bits per heavy atom. The van der Waals surface area contributed by atoms with Crippen molar-refractivity contribution in [1.29, 1.82) is 0 Å². The van der Waals surface area contributed by atoms with Crippen molar-refractivity contribution in [2.75, 3.05) is 27.2 Å². The van der Waals surface area contributed by atoms with Gasteiger partial charge in [0.15, 0.2) is 0 Å². The summed E-state index contributed by atoms with van der Waals surface area (Å²) in [6.07, 6.45) is 5.22. The van der Waals surface area contributed by atoms with E-state index in [9.17, 15) is 0 Å². The molecule has 0 amide bonds. The van der Waals surface area contributed by atoms with E-state index >= 15 is 0 Å². The molecular weight excluding hydrogens is 408 g/mol. The van der Waals surface area contributed by atoms with Crippen LogP contribution in [0.3, 0.4) is 0 Å². The van der Waals surface area contributed by atoms with Crippen LogP contribution < -0.4 is 0 Å². The largest absolute Gasteiger partial charge is 0.322 e. The summed E-state index contributed by atoms with van der Waals surface area (Å²) >= 11 is 0. The van der Waals surface area contributed by atoms with E-state index in [1.807, 2.05) is 17.9 Å². The highest BCUT2D eigenvalue weighted by Gasteiger charge is 2.25. The molecule has 0 aliphatic carbocycles. The molecule has 4 aromatic rings. The molecule has 2 aromatic carbocycles. The van der Waals surface area contributed by atoms with Crippen molar-refractivity contribution >= 4 is 11.0 Å². The molecule has 0 saturated carbocycles. The molecule has 33 heavy (non-hydrogen) atoms. The fraction of sp³-hybridized carbons (Fsp3) is 0.407. The lowest BCUT2D eigenvalue weighted by Crippen LogP contribution is -2.31. The number of likely N-dealkylation sites (N-methyl/N-ethyl adjacent to an activating group) is 1. The van der Waals surface area contributed by atoms with Crippen LogP contribution in [-0.2, 0) is 20.1 Å². The zero-order valence-electron chi connectivity index (χ0n) is 20.4. The van der Waals surface area contributed by atoms with Gasteiger partial charge in [-0.05, 0) is 63.2 Å². The normalized spacial score (nSPS) is 17.0. The highest BCUT2D eigenvalue weighted by Crippen LogP contribution is 2.27. The molecule has 0 unspecified atom stereocenters. The molecule has 5 rings (SSSR count). The number of likely N-dealkylation sites (tertiary alicyclic amines) is 1. The lowest BCUT2D eigenvalue weighted by atomic mass is 10.1. The SMILES string of the molecule is Cc1ccc(C)c(Cn2c(CN3CC[C@H](N(C)C)C3)nc3ccc(-c4cnn(C)c4)cc32)c1. The molecule has 0 radical (unpaired) electrons. The Bertz CT molecular complexity index is 1280. The summed E-state index contributed by atoms with van der Waals surface area (Å²) in [7, 11) is 6.33. The first-order valence-corrected chi connectivity index (χ1v) is 11.8. The van der Waals surface area contributed by atoms with Crippen molar-refractivity contribution in [3.8, 4) is 11.1 Å². The highest BCUT2D eigenvalue weighted by molar-refractivity contribution is 5.82. The van der Waals surface area contributed by atoms with Crippen molar-refractivity contribution in [3.63, 3.8) is 0 Å². The van der Waals surface area contributed by atoms with Gasteiger partial charge in [-0.1, -0.05) is 29.8 Å². The van der Waals surface area contributed by atoms with Gasteiger partial charge >= 0.3 is 0 Å². The summed E-state index contributed by atoms with van der Waals surface area (Å²) in [6.45, 7) is 8.31. The van der Waals surface area contributed by atoms with Gasteiger partial charge in [-0.15, -0.1) is 0 Å². The van der Waals surface area contributed by atoms with Crippen LogP contribution in [0.25, 0.3) is 22.2 Å². The monoisotopic (exact) mass is 442 g/mol. The van der Waals surface area contributed by atoms with Crippen LogP contribution >= 0.6 is 0 Å². The fourth-order valence-electron chi connectivity index (χ4n) is 4.94. The van der Waals surface area contributed by atoms with Crippen LogP contribution in [-0.4, -0.2) is 62.4 Å². The van der Waals surface area contributed by atoms with Crippen LogP contribution in [0.2, 0.25) is 0 Å². The van der Waals surface area contributed by atoms with Gasteiger partial charge in [0, 0.05) is 44.5 Å². The predicted molar refractivity (Wildman–Crippen MR) is 134 cm³/mol. The number of benzene rings is 2. The maximum absolute atomic E-state index is 5.12. The molecule has 1 aliphatic heterocycles. The number of aromatic nitrogens is 4. The Kier molecular flexibility index (Phi) is 5.81. The van der Waals surface area contributed by atoms with Crippen molar-refractivity contribution < 1.29 is 0 Å². The Morgan fingerprint density at radius 2 is 1.88 bits per heavy atom. The summed E-state index contributed by atoms with van der Waals surface area (Å²) in [4.78, 5) is 10.0. The van der Waals surface area contributed by atoms with E-state index in [0.717, 1.165) is 43.1 Å². The van der Waals surface area contributed by atoms with Crippen LogP contribution in [0.15, 0.2) is 48.8 Å². The molecule has 0 N–H and O–H groups in total. The van der Waals surface area contributed by atoms with Crippen LogP contribution in [0.4, 0.5) is 0 Å². The first-order valence-electron chi connectivity index (χ1n) is 11.8. The molecule has 1 saturated heterocycles. The maximum atomic E-state index is 5.12. The minimum atomic E-state index is 0.624. The van der Waals surface area contributed by atoms with E-state index in [0.29, 0.717) is 6.04 Å². The van der Waals surface area contributed by atoms with Crippen LogP contribution in [0, 0.1) is 13.8 Å². The van der Waals surface area contributed by atoms with Gasteiger partial charge in [0.2, 0.25) is 0 Å². The minimum absolute atomic E-state index is 0.624. The Morgan fingerprint density at radius 1 is 1.03 bits per heavy atom. The lowest BCUT2D eigenvalue weighted by molar-refractivity contribution is 0.260. The molecule has 3 heterocycles. The number of aryl methyl sites for hydroxylation is 3. The third kappa shape index (κ3) is 4.45. The standard InChI is InChI=1S/C27H34N6/c1-19-6-7-20(2)22(12-19)16-33-26-13-21(23-14-28-31(5)15-23)8-9-25(26)29-27(33)18-32-11-10-24(17-32)30(3)4/h6-9,12-15,24H,10-11,16-18H2,1-5H3/t24-/m0/s1. The van der Waals surface area contributed by atoms with Gasteiger partial charge in [-0.3, -0.25) is 9.58 Å². The number of hydrogen-bond donors (Lipinski definition) is 0. The molecule has 0 spiro atoms. The third-order valence-corrected chi connectivity index (χ3v) is 7.04. The summed E-state index contributed by atoms with van der Waals surface area (Å²) < 4.78 is 4.28. The second kappa shape index (κ2) is 8.76. The Balaban J connectivity index is 1.56. The topological polar surface area (TPSA) is 42.1 Å². The van der Waals surface area contributed by atoms with E-state index in [2.05, 4.69) is 90.0 Å². The summed E-state index contributed by atoms with van der Waals surface area (Å²) in [6, 6.07) is 14.0. The van der Waals surface area contributed by atoms with Crippen molar-refractivity contribution in [1.82, 2.24) is 29.1 Å². The van der Waals surface area contributed by atoms with E-state index in [1.165, 1.54) is 34.2 Å². The average molecular weight is 443 g/mol. The quantitative estimate of drug-likeness (QED) is 0.448. The smallest absolute Gasteiger partial charge is 0.124 e. The Hall–Kier alpha value is -2.96. The fourth-order valence-corrected chi connectivity index (χ4v) is 4.94. The number of hydrogen-bond acceptors (Lipinski definition) is 4. The molecule has 6 nitrogen and oxygen atoms in total. The van der Waals surface area contributed by atoms with Gasteiger partial charge < -0.3 is 9.47 Å². The zero-order valence-corrected chi connectivity index (χ0v) is 20.4. The third-order valence-electron chi connectivity index (χ3n) is 7.04. The van der Waals surface area contributed by atoms with Gasteiger partial charge in [0.25, 0.3) is 0 Å². The number of rotatable bonds is 6. The van der Waals surface area contributed by atoms with Crippen molar-refractivity contribution in [2.24, 2.45) is 7.05 Å². The zero-order chi connectivity index (χ0) is 23.1. The molecule has 1 atom stereocenters. The molecule has 1 aliphatic rings. The molecule has 1 fully saturated rings. The number of imidazole rings is 1. The number of nitrogens with zero attached hydrogens (tertiary/aromatic N) is 6. The summed E-state index contributed by atoms with van der Waals surface area (Å²) in [5, 5.41) is 4.36. The van der Waals surface area contributed by atoms with Crippen molar-refractivity contribution in [3.05, 3.63) is 71.3 Å². The highest BCUT2D eigenvalue weighted by atomic mass is 15.3. The summed E-state index contributed by atoms with van der Waals surface area (Å²) in [5.74, 6) is 1.15. The number of fused-ring (bicyclic) bond motifs is 1. The van der Waals surface area contributed by atoms with Gasteiger partial charge in [-0.25, -0.2) is 4.98 Å². The summed E-state index contributed by atoms with van der Waals surface area (Å²) in [5.41, 5.74) is 8.54. The van der Waals surface area contributed by atoms with E-state index < -0.39 is 0 Å². The Labute approximate surface area is 196 Å². The van der Waals surface area contributed by atoms with E-state index in [4.69, 9.17) is 4.98 Å². The molecule has 172 valence electrons. The molecular formula is C27H34N6. The predicted octanol–water partition coefficient (Wildman–Crippen LogP) is 4.24. The molecule has 2 aromatic heterocycles. The second-order valence-electron chi connectivity index (χ2n) is 9.79. The van der Waals surface area contributed by atoms with Crippen LogP contribution in [0.1, 0.15) is 28.9 Å². The van der Waals surface area contributed by atoms with Gasteiger partial charge in [-0.2, -0.15) is 5.10 Å². The first-order chi connectivity index (χ1) is 15.9. The molecule has 6 heteroatoms. The van der Waals surface area contributed by atoms with Gasteiger partial charge in [0.1, 0.15) is 5.82 Å².